The van der Waals surface area contributed by atoms with Crippen molar-refractivity contribution in [2.75, 3.05) is 10.6 Å². The summed E-state index contributed by atoms with van der Waals surface area (Å²) in [6, 6.07) is 19.2. The van der Waals surface area contributed by atoms with Crippen LogP contribution in [0.1, 0.15) is 81.8 Å². The summed E-state index contributed by atoms with van der Waals surface area (Å²) in [5.41, 5.74) is 8.88. The van der Waals surface area contributed by atoms with Crippen LogP contribution >= 0.6 is 23.2 Å². The molecule has 4 aromatic rings. The van der Waals surface area contributed by atoms with E-state index in [1.165, 1.54) is 12.1 Å². The molecule has 0 saturated heterocycles. The van der Waals surface area contributed by atoms with Crippen LogP contribution in [0.2, 0.25) is 10.0 Å². The quantitative estimate of drug-likeness (QED) is 0.195. The Balaban J connectivity index is 1.75. The largest absolute Gasteiger partial charge is 0.354 e. The average Bonchev–Trinajstić information content (AvgIpc) is 2.97. The van der Waals surface area contributed by atoms with Gasteiger partial charge in [0.15, 0.2) is 11.6 Å². The Morgan fingerprint density at radius 3 is 1.18 bits per heavy atom. The summed E-state index contributed by atoms with van der Waals surface area (Å²) in [5, 5.41) is 7.59. The van der Waals surface area contributed by atoms with Crippen LogP contribution in [-0.4, -0.2) is 11.6 Å². The first-order valence-corrected chi connectivity index (χ1v) is 14.6. The fourth-order valence-corrected chi connectivity index (χ4v) is 5.88. The van der Waals surface area contributed by atoms with Crippen molar-refractivity contribution in [3.63, 3.8) is 0 Å². The van der Waals surface area contributed by atoms with Gasteiger partial charge in [-0.3, -0.25) is 9.59 Å². The van der Waals surface area contributed by atoms with Gasteiger partial charge in [0, 0.05) is 22.5 Å². The Morgan fingerprint density at radius 1 is 0.550 bits per heavy atom. The van der Waals surface area contributed by atoms with Crippen molar-refractivity contribution in [1.82, 2.24) is 0 Å². The van der Waals surface area contributed by atoms with Crippen molar-refractivity contribution in [2.24, 2.45) is 0 Å². The van der Waals surface area contributed by atoms with Crippen molar-refractivity contribution in [3.8, 4) is 0 Å². The number of carbonyl (C=O) groups is 2. The summed E-state index contributed by atoms with van der Waals surface area (Å²) in [6.45, 7) is 8.43. The Bertz CT molecular complexity index is 1490. The zero-order chi connectivity index (χ0) is 28.6. The molecule has 0 amide bonds. The number of fused-ring (bicyclic) bond motifs is 2. The Kier molecular flexibility index (Phi) is 8.02. The summed E-state index contributed by atoms with van der Waals surface area (Å²) >= 11 is 12.6. The fourth-order valence-electron chi connectivity index (χ4n) is 5.55. The number of hydrogen-bond donors (Lipinski definition) is 2. The molecule has 1 aliphatic carbocycles. The molecule has 1 aliphatic rings. The second-order valence-electron chi connectivity index (χ2n) is 9.95. The summed E-state index contributed by atoms with van der Waals surface area (Å²) in [5.74, 6) is -0.526. The molecule has 0 atom stereocenters. The van der Waals surface area contributed by atoms with Gasteiger partial charge in [-0.25, -0.2) is 0 Å². The normalized spacial score (nSPS) is 12.2. The highest BCUT2D eigenvalue weighted by molar-refractivity contribution is 6.43. The molecule has 0 fully saturated rings. The van der Waals surface area contributed by atoms with Gasteiger partial charge in [-0.1, -0.05) is 87.3 Å². The smallest absolute Gasteiger partial charge is 0.196 e. The number of para-hydroxylation sites is 2. The first-order chi connectivity index (χ1) is 19.3. The van der Waals surface area contributed by atoms with E-state index < -0.39 is 0 Å². The molecule has 6 heteroatoms. The maximum Gasteiger partial charge on any atom is 0.196 e. The first-order valence-electron chi connectivity index (χ1n) is 13.8. The van der Waals surface area contributed by atoms with Gasteiger partial charge in [0.2, 0.25) is 0 Å². The third kappa shape index (κ3) is 4.80. The molecule has 0 heterocycles. The van der Waals surface area contributed by atoms with E-state index in [0.717, 1.165) is 59.3 Å². The number of nitrogens with one attached hydrogen (secondary N) is 2. The number of halogens is 2. The standard InChI is InChI=1S/C34H32Cl2N2O2/c1-5-19-11-9-12-20(6-2)31(19)37-27-15-16-28(38-32-21(7-3)13-10-14-22(32)8-4)30-29(27)33(39)23-17-25(35)26(36)18-24(23)34(30)40/h9-18,37-38H,5-8H2,1-4H3. The van der Waals surface area contributed by atoms with Gasteiger partial charge in [-0.15, -0.1) is 0 Å². The maximum atomic E-state index is 14.2. The minimum Gasteiger partial charge on any atom is -0.354 e. The summed E-state index contributed by atoms with van der Waals surface area (Å²) in [7, 11) is 0. The Morgan fingerprint density at radius 2 is 0.875 bits per heavy atom. The van der Waals surface area contributed by atoms with Crippen LogP contribution in [0.5, 0.6) is 0 Å². The molecule has 40 heavy (non-hydrogen) atoms. The van der Waals surface area contributed by atoms with E-state index in [9.17, 15) is 9.59 Å². The lowest BCUT2D eigenvalue weighted by molar-refractivity contribution is 0.0980. The molecule has 4 aromatic carbocycles. The molecule has 2 N–H and O–H groups in total. The molecule has 0 radical (unpaired) electrons. The van der Waals surface area contributed by atoms with Gasteiger partial charge < -0.3 is 10.6 Å². The third-order valence-electron chi connectivity index (χ3n) is 7.73. The molecule has 4 nitrogen and oxygen atoms in total. The minimum atomic E-state index is -0.263. The van der Waals surface area contributed by atoms with Crippen molar-refractivity contribution in [2.45, 2.75) is 53.4 Å². The maximum absolute atomic E-state index is 14.2. The van der Waals surface area contributed by atoms with Gasteiger partial charge in [0.05, 0.1) is 32.5 Å². The summed E-state index contributed by atoms with van der Waals surface area (Å²) in [6.07, 6.45) is 3.32. The number of carbonyl (C=O) groups excluding carboxylic acids is 2. The lowest BCUT2D eigenvalue weighted by atomic mass is 9.82. The molecule has 0 saturated carbocycles. The topological polar surface area (TPSA) is 58.2 Å². The van der Waals surface area contributed by atoms with Gasteiger partial charge in [0.1, 0.15) is 0 Å². The fraction of sp³-hybridized carbons (Fsp3) is 0.235. The van der Waals surface area contributed by atoms with Crippen molar-refractivity contribution in [1.29, 1.82) is 0 Å². The lowest BCUT2D eigenvalue weighted by Crippen LogP contribution is -2.24. The van der Waals surface area contributed by atoms with Crippen LogP contribution in [-0.2, 0) is 25.7 Å². The van der Waals surface area contributed by atoms with Crippen LogP contribution in [0.4, 0.5) is 22.7 Å². The predicted molar refractivity (Wildman–Crippen MR) is 167 cm³/mol. The first kappa shape index (κ1) is 27.9. The molecule has 204 valence electrons. The molecule has 0 aliphatic heterocycles. The van der Waals surface area contributed by atoms with E-state index in [2.05, 4.69) is 74.7 Å². The number of anilines is 4. The number of hydrogen-bond acceptors (Lipinski definition) is 4. The van der Waals surface area contributed by atoms with Crippen LogP contribution in [0.15, 0.2) is 60.7 Å². The van der Waals surface area contributed by atoms with Crippen LogP contribution in [0.3, 0.4) is 0 Å². The van der Waals surface area contributed by atoms with Gasteiger partial charge in [0.25, 0.3) is 0 Å². The molecule has 0 unspecified atom stereocenters. The highest BCUT2D eigenvalue weighted by atomic mass is 35.5. The van der Waals surface area contributed by atoms with E-state index in [0.29, 0.717) is 22.5 Å². The van der Waals surface area contributed by atoms with Crippen LogP contribution in [0.25, 0.3) is 0 Å². The zero-order valence-corrected chi connectivity index (χ0v) is 24.7. The Labute approximate surface area is 245 Å². The molecular weight excluding hydrogens is 539 g/mol. The summed E-state index contributed by atoms with van der Waals surface area (Å²) < 4.78 is 0. The number of rotatable bonds is 8. The predicted octanol–water partition coefficient (Wildman–Crippen LogP) is 9.51. The van der Waals surface area contributed by atoms with Crippen molar-refractivity contribution < 1.29 is 9.59 Å². The van der Waals surface area contributed by atoms with Gasteiger partial charge >= 0.3 is 0 Å². The van der Waals surface area contributed by atoms with Gasteiger partial charge in [-0.2, -0.15) is 0 Å². The number of benzene rings is 4. The van der Waals surface area contributed by atoms with E-state index in [1.54, 1.807) is 0 Å². The third-order valence-corrected chi connectivity index (χ3v) is 8.45. The SMILES string of the molecule is CCc1cccc(CC)c1Nc1ccc(Nc2c(CC)cccc2CC)c2c1C(=O)c1cc(Cl)c(Cl)cc1C2=O. The van der Waals surface area contributed by atoms with E-state index >= 15 is 0 Å². The molecule has 5 rings (SSSR count). The highest BCUT2D eigenvalue weighted by Crippen LogP contribution is 2.42. The summed E-state index contributed by atoms with van der Waals surface area (Å²) in [4.78, 5) is 28.3. The minimum absolute atomic E-state index is 0.239. The van der Waals surface area contributed by atoms with Crippen molar-refractivity contribution >= 4 is 57.5 Å². The molecule has 0 bridgehead atoms. The second-order valence-corrected chi connectivity index (χ2v) is 10.8. The van der Waals surface area contributed by atoms with Gasteiger partial charge in [-0.05, 0) is 72.2 Å². The average molecular weight is 572 g/mol. The number of ketones is 2. The van der Waals surface area contributed by atoms with E-state index in [4.69, 9.17) is 23.2 Å². The van der Waals surface area contributed by atoms with Crippen LogP contribution in [0, 0.1) is 0 Å². The van der Waals surface area contributed by atoms with E-state index in [1.807, 2.05) is 12.1 Å². The monoisotopic (exact) mass is 570 g/mol. The Hall–Kier alpha value is -3.60. The van der Waals surface area contributed by atoms with Crippen molar-refractivity contribution in [3.05, 3.63) is 115 Å². The molecule has 0 spiro atoms. The second kappa shape index (κ2) is 11.5. The molecular formula is C34H32Cl2N2O2. The highest BCUT2D eigenvalue weighted by Gasteiger charge is 2.35. The van der Waals surface area contributed by atoms with Crippen LogP contribution < -0.4 is 10.6 Å². The van der Waals surface area contributed by atoms with E-state index in [-0.39, 0.29) is 32.7 Å². The number of aryl methyl sites for hydroxylation is 4. The zero-order valence-electron chi connectivity index (χ0n) is 23.2. The lowest BCUT2D eigenvalue weighted by Gasteiger charge is -2.26. The molecule has 0 aromatic heterocycles.